The van der Waals surface area contributed by atoms with Gasteiger partial charge in [-0.05, 0) is 25.8 Å². The van der Waals surface area contributed by atoms with Gasteiger partial charge in [-0.15, -0.1) is 0 Å². The van der Waals surface area contributed by atoms with Crippen molar-refractivity contribution in [3.63, 3.8) is 0 Å². The van der Waals surface area contributed by atoms with Crippen molar-refractivity contribution in [3.05, 3.63) is 37.1 Å². The van der Waals surface area contributed by atoms with E-state index in [9.17, 15) is 4.79 Å². The van der Waals surface area contributed by atoms with Gasteiger partial charge in [0.25, 0.3) is 0 Å². The smallest absolute Gasteiger partial charge is 0.247 e. The van der Waals surface area contributed by atoms with Crippen LogP contribution in [-0.2, 0) is 4.79 Å². The first-order valence-corrected chi connectivity index (χ1v) is 7.93. The summed E-state index contributed by atoms with van der Waals surface area (Å²) in [6.45, 7) is 3.66. The molecule has 3 rings (SSSR count). The number of aromatic nitrogens is 4. The zero-order valence-corrected chi connectivity index (χ0v) is 13.5. The molecule has 1 amide bonds. The molecule has 0 aromatic carbocycles. The molecule has 0 N–H and O–H groups in total. The third kappa shape index (κ3) is 3.33. The van der Waals surface area contributed by atoms with Gasteiger partial charge in [-0.25, -0.2) is 4.98 Å². The Morgan fingerprint density at radius 2 is 2.09 bits per heavy atom. The molecule has 23 heavy (non-hydrogen) atoms. The maximum atomic E-state index is 12.6. The standard InChI is InChI=1S/C16H22N6O/c1-13(22-9-3-6-19-22)16(23)20(2)14-4-10-21(11-5-14)15-12-17-7-8-18-15/h3,6-9,12-14H,4-5,10-11H2,1-2H3. The lowest BCUT2D eigenvalue weighted by atomic mass is 10.0. The summed E-state index contributed by atoms with van der Waals surface area (Å²) >= 11 is 0. The van der Waals surface area contributed by atoms with E-state index < -0.39 is 0 Å². The molecule has 1 saturated heterocycles. The minimum Gasteiger partial charge on any atom is -0.355 e. The summed E-state index contributed by atoms with van der Waals surface area (Å²) in [6, 6.07) is 1.82. The van der Waals surface area contributed by atoms with Gasteiger partial charge in [-0.1, -0.05) is 0 Å². The number of carbonyl (C=O) groups excluding carboxylic acids is 1. The highest BCUT2D eigenvalue weighted by atomic mass is 16.2. The second-order valence-electron chi connectivity index (χ2n) is 5.89. The van der Waals surface area contributed by atoms with Crippen LogP contribution in [0.15, 0.2) is 37.1 Å². The summed E-state index contributed by atoms with van der Waals surface area (Å²) in [6.07, 6.45) is 10.6. The van der Waals surface area contributed by atoms with E-state index in [2.05, 4.69) is 20.0 Å². The van der Waals surface area contributed by atoms with Crippen LogP contribution in [0.4, 0.5) is 5.82 Å². The van der Waals surface area contributed by atoms with E-state index >= 15 is 0 Å². The van der Waals surface area contributed by atoms with Gasteiger partial charge >= 0.3 is 0 Å². The van der Waals surface area contributed by atoms with Gasteiger partial charge < -0.3 is 9.80 Å². The molecular formula is C16H22N6O. The summed E-state index contributed by atoms with van der Waals surface area (Å²) in [5.41, 5.74) is 0. The topological polar surface area (TPSA) is 67.2 Å². The molecule has 0 spiro atoms. The molecule has 7 nitrogen and oxygen atoms in total. The molecule has 1 aliphatic rings. The number of anilines is 1. The predicted molar refractivity (Wildman–Crippen MR) is 87.0 cm³/mol. The maximum Gasteiger partial charge on any atom is 0.247 e. The van der Waals surface area contributed by atoms with E-state index in [1.807, 2.05) is 31.1 Å². The fourth-order valence-corrected chi connectivity index (χ4v) is 3.03. The average Bonchev–Trinajstić information content (AvgIpc) is 3.15. The molecule has 7 heteroatoms. The van der Waals surface area contributed by atoms with Crippen LogP contribution in [0.5, 0.6) is 0 Å². The van der Waals surface area contributed by atoms with Crippen molar-refractivity contribution >= 4 is 11.7 Å². The first kappa shape index (κ1) is 15.5. The van der Waals surface area contributed by atoms with Gasteiger partial charge in [-0.2, -0.15) is 5.10 Å². The zero-order valence-electron chi connectivity index (χ0n) is 13.5. The Morgan fingerprint density at radius 1 is 1.30 bits per heavy atom. The Labute approximate surface area is 135 Å². The zero-order chi connectivity index (χ0) is 16.2. The number of amides is 1. The SMILES string of the molecule is CC(C(=O)N(C)C1CCN(c2cnccn2)CC1)n1cccn1. The second kappa shape index (κ2) is 6.76. The molecule has 1 fully saturated rings. The summed E-state index contributed by atoms with van der Waals surface area (Å²) in [5.74, 6) is 1.01. The van der Waals surface area contributed by atoms with E-state index in [1.54, 1.807) is 29.5 Å². The maximum absolute atomic E-state index is 12.6. The van der Waals surface area contributed by atoms with Gasteiger partial charge in [0.05, 0.1) is 6.20 Å². The lowest BCUT2D eigenvalue weighted by Crippen LogP contribution is -2.47. The van der Waals surface area contributed by atoms with E-state index in [1.165, 1.54) is 0 Å². The molecule has 1 unspecified atom stereocenters. The summed E-state index contributed by atoms with van der Waals surface area (Å²) in [5, 5.41) is 4.16. The molecule has 1 atom stereocenters. The third-order valence-electron chi connectivity index (χ3n) is 4.51. The van der Waals surface area contributed by atoms with E-state index in [0.717, 1.165) is 31.7 Å². The molecule has 0 bridgehead atoms. The van der Waals surface area contributed by atoms with Crippen LogP contribution in [0.1, 0.15) is 25.8 Å². The number of nitrogens with zero attached hydrogens (tertiary/aromatic N) is 6. The Morgan fingerprint density at radius 3 is 2.70 bits per heavy atom. The number of likely N-dealkylation sites (N-methyl/N-ethyl adjacent to an activating group) is 1. The Kier molecular flexibility index (Phi) is 4.55. The predicted octanol–water partition coefficient (Wildman–Crippen LogP) is 1.36. The van der Waals surface area contributed by atoms with E-state index in [-0.39, 0.29) is 18.0 Å². The van der Waals surface area contributed by atoms with Crippen molar-refractivity contribution in [3.8, 4) is 0 Å². The molecule has 2 aromatic rings. The van der Waals surface area contributed by atoms with Crippen LogP contribution < -0.4 is 4.90 Å². The van der Waals surface area contributed by atoms with Crippen LogP contribution in [0.25, 0.3) is 0 Å². The number of rotatable bonds is 4. The fourth-order valence-electron chi connectivity index (χ4n) is 3.03. The van der Waals surface area contributed by atoms with Crippen LogP contribution >= 0.6 is 0 Å². The number of hydrogen-bond donors (Lipinski definition) is 0. The lowest BCUT2D eigenvalue weighted by Gasteiger charge is -2.38. The summed E-state index contributed by atoms with van der Waals surface area (Å²) in [4.78, 5) is 25.2. The van der Waals surface area contributed by atoms with Crippen molar-refractivity contribution < 1.29 is 4.79 Å². The highest BCUT2D eigenvalue weighted by Crippen LogP contribution is 2.21. The quantitative estimate of drug-likeness (QED) is 0.852. The molecule has 122 valence electrons. The lowest BCUT2D eigenvalue weighted by molar-refractivity contribution is -0.135. The molecule has 0 radical (unpaired) electrons. The molecule has 1 aliphatic heterocycles. The first-order chi connectivity index (χ1) is 11.2. The fraction of sp³-hybridized carbons (Fsp3) is 0.500. The van der Waals surface area contributed by atoms with Crippen LogP contribution in [0.2, 0.25) is 0 Å². The average molecular weight is 314 g/mol. The molecule has 2 aromatic heterocycles. The Balaban J connectivity index is 1.58. The number of hydrogen-bond acceptors (Lipinski definition) is 5. The third-order valence-corrected chi connectivity index (χ3v) is 4.51. The minimum absolute atomic E-state index is 0.103. The molecular weight excluding hydrogens is 292 g/mol. The molecule has 0 saturated carbocycles. The van der Waals surface area contributed by atoms with Crippen molar-refractivity contribution in [1.29, 1.82) is 0 Å². The van der Waals surface area contributed by atoms with Gasteiger partial charge in [0, 0.05) is 51.0 Å². The van der Waals surface area contributed by atoms with Crippen LogP contribution in [0, 0.1) is 0 Å². The summed E-state index contributed by atoms with van der Waals surface area (Å²) in [7, 11) is 1.89. The van der Waals surface area contributed by atoms with E-state index in [4.69, 9.17) is 0 Å². The van der Waals surface area contributed by atoms with Crippen molar-refractivity contribution in [1.82, 2.24) is 24.6 Å². The van der Waals surface area contributed by atoms with Crippen molar-refractivity contribution in [2.24, 2.45) is 0 Å². The van der Waals surface area contributed by atoms with Gasteiger partial charge in [0.15, 0.2) is 0 Å². The summed E-state index contributed by atoms with van der Waals surface area (Å²) < 4.78 is 1.70. The number of carbonyl (C=O) groups is 1. The van der Waals surface area contributed by atoms with Gasteiger partial charge in [0.1, 0.15) is 11.9 Å². The van der Waals surface area contributed by atoms with E-state index in [0.29, 0.717) is 0 Å². The molecule has 0 aliphatic carbocycles. The highest BCUT2D eigenvalue weighted by molar-refractivity contribution is 5.80. The minimum atomic E-state index is -0.270. The molecule has 3 heterocycles. The van der Waals surface area contributed by atoms with Crippen molar-refractivity contribution in [2.75, 3.05) is 25.0 Å². The first-order valence-electron chi connectivity index (χ1n) is 7.93. The second-order valence-corrected chi connectivity index (χ2v) is 5.89. The van der Waals surface area contributed by atoms with Gasteiger partial charge in [-0.3, -0.25) is 14.5 Å². The monoisotopic (exact) mass is 314 g/mol. The Hall–Kier alpha value is -2.44. The highest BCUT2D eigenvalue weighted by Gasteiger charge is 2.29. The largest absolute Gasteiger partial charge is 0.355 e. The number of piperidine rings is 1. The Bertz CT molecular complexity index is 621. The normalized spacial score (nSPS) is 17.0. The van der Waals surface area contributed by atoms with Crippen LogP contribution in [0.3, 0.4) is 0 Å². The van der Waals surface area contributed by atoms with Crippen LogP contribution in [-0.4, -0.2) is 56.7 Å². The van der Waals surface area contributed by atoms with Gasteiger partial charge in [0.2, 0.25) is 5.91 Å². The van der Waals surface area contributed by atoms with Crippen molar-refractivity contribution in [2.45, 2.75) is 31.8 Å².